The molecule has 0 saturated heterocycles. The molecule has 1 aliphatic heterocycles. The van der Waals surface area contributed by atoms with Gasteiger partial charge in [-0.25, -0.2) is 4.98 Å². The largest absolute Gasteiger partial charge is 0.356 e. The third-order valence-electron chi connectivity index (χ3n) is 3.79. The van der Waals surface area contributed by atoms with Crippen LogP contribution in [-0.2, 0) is 13.0 Å². The number of para-hydroxylation sites is 1. The Kier molecular flexibility index (Phi) is 4.19. The fourth-order valence-corrected chi connectivity index (χ4v) is 2.73. The van der Waals surface area contributed by atoms with Crippen LogP contribution in [0.25, 0.3) is 0 Å². The van der Waals surface area contributed by atoms with Crippen molar-refractivity contribution in [2.75, 3.05) is 25.0 Å². The summed E-state index contributed by atoms with van der Waals surface area (Å²) >= 11 is 0. The van der Waals surface area contributed by atoms with E-state index in [4.69, 9.17) is 0 Å². The monoisotopic (exact) mass is 283 g/mol. The maximum atomic E-state index is 4.42. The minimum atomic E-state index is 0.906. The lowest BCUT2D eigenvalue weighted by Crippen LogP contribution is -2.41. The second-order valence-electron chi connectivity index (χ2n) is 5.16. The lowest BCUT2D eigenvalue weighted by Gasteiger charge is -2.22. The lowest BCUT2D eigenvalue weighted by atomic mass is 10.2. The van der Waals surface area contributed by atoms with Crippen LogP contribution < -0.4 is 10.2 Å². The Balaban J connectivity index is 1.54. The van der Waals surface area contributed by atoms with Gasteiger partial charge in [0.25, 0.3) is 0 Å². The number of fused-ring (bicyclic) bond motifs is 1. The van der Waals surface area contributed by atoms with Crippen molar-refractivity contribution in [1.29, 1.82) is 0 Å². The quantitative estimate of drug-likeness (QED) is 0.530. The molecular weight excluding hydrogens is 262 g/mol. The number of anilines is 1. The van der Waals surface area contributed by atoms with Gasteiger partial charge < -0.3 is 14.8 Å². The molecule has 110 valence electrons. The fourth-order valence-electron chi connectivity index (χ4n) is 2.73. The number of rotatable bonds is 4. The summed E-state index contributed by atoms with van der Waals surface area (Å²) < 4.78 is 2.09. The molecule has 0 atom stereocenters. The highest BCUT2D eigenvalue weighted by atomic mass is 15.3. The van der Waals surface area contributed by atoms with Crippen LogP contribution in [0.1, 0.15) is 12.0 Å². The summed E-state index contributed by atoms with van der Waals surface area (Å²) in [5.74, 6) is 0.964. The highest BCUT2D eigenvalue weighted by molar-refractivity contribution is 5.97. The molecule has 1 aromatic carbocycles. The fraction of sp³-hybridized carbons (Fsp3) is 0.375. The number of guanidine groups is 1. The number of aryl methyl sites for hydroxylation is 1. The molecule has 0 aliphatic carbocycles. The van der Waals surface area contributed by atoms with E-state index in [0.717, 1.165) is 38.4 Å². The molecule has 0 unspecified atom stereocenters. The molecule has 1 N–H and O–H groups in total. The molecule has 5 nitrogen and oxygen atoms in total. The predicted molar refractivity (Wildman–Crippen MR) is 85.7 cm³/mol. The minimum Gasteiger partial charge on any atom is -0.356 e. The molecule has 0 radical (unpaired) electrons. The highest BCUT2D eigenvalue weighted by Gasteiger charge is 2.21. The SMILES string of the molecule is CN=C(NCCCn1ccnc1)N1CCc2ccccc21. The smallest absolute Gasteiger partial charge is 0.198 e. The van der Waals surface area contributed by atoms with Crippen molar-refractivity contribution < 1.29 is 0 Å². The Morgan fingerprint density at radius 3 is 3.10 bits per heavy atom. The third kappa shape index (κ3) is 3.07. The molecule has 1 aliphatic rings. The number of aromatic nitrogens is 2. The highest BCUT2D eigenvalue weighted by Crippen LogP contribution is 2.27. The van der Waals surface area contributed by atoms with Gasteiger partial charge in [0.1, 0.15) is 0 Å². The van der Waals surface area contributed by atoms with Crippen LogP contribution in [0.15, 0.2) is 48.0 Å². The van der Waals surface area contributed by atoms with Gasteiger partial charge >= 0.3 is 0 Å². The van der Waals surface area contributed by atoms with Gasteiger partial charge in [-0.3, -0.25) is 4.99 Å². The van der Waals surface area contributed by atoms with Crippen LogP contribution in [0.5, 0.6) is 0 Å². The first-order valence-corrected chi connectivity index (χ1v) is 7.40. The minimum absolute atomic E-state index is 0.906. The Morgan fingerprint density at radius 2 is 2.29 bits per heavy atom. The molecule has 0 saturated carbocycles. The maximum Gasteiger partial charge on any atom is 0.198 e. The third-order valence-corrected chi connectivity index (χ3v) is 3.79. The Bertz CT molecular complexity index is 603. The Labute approximate surface area is 125 Å². The molecule has 3 rings (SSSR count). The van der Waals surface area contributed by atoms with Crippen LogP contribution in [0.4, 0.5) is 5.69 Å². The number of hydrogen-bond donors (Lipinski definition) is 1. The normalized spacial score (nSPS) is 14.3. The van der Waals surface area contributed by atoms with Crippen molar-refractivity contribution in [1.82, 2.24) is 14.9 Å². The van der Waals surface area contributed by atoms with Crippen LogP contribution in [0.2, 0.25) is 0 Å². The van der Waals surface area contributed by atoms with E-state index >= 15 is 0 Å². The number of benzene rings is 1. The van der Waals surface area contributed by atoms with E-state index in [9.17, 15) is 0 Å². The molecule has 0 amide bonds. The number of imidazole rings is 1. The molecule has 0 spiro atoms. The number of nitrogens with one attached hydrogen (secondary N) is 1. The zero-order chi connectivity index (χ0) is 14.5. The first kappa shape index (κ1) is 13.7. The van der Waals surface area contributed by atoms with E-state index in [1.165, 1.54) is 11.3 Å². The van der Waals surface area contributed by atoms with Crippen LogP contribution in [0, 0.1) is 0 Å². The molecule has 0 fully saturated rings. The Morgan fingerprint density at radius 1 is 1.38 bits per heavy atom. The number of aliphatic imine (C=N–C) groups is 1. The van der Waals surface area contributed by atoms with Crippen LogP contribution in [0.3, 0.4) is 0 Å². The zero-order valence-electron chi connectivity index (χ0n) is 12.4. The van der Waals surface area contributed by atoms with E-state index in [0.29, 0.717) is 0 Å². The van der Waals surface area contributed by atoms with Crippen molar-refractivity contribution >= 4 is 11.6 Å². The van der Waals surface area contributed by atoms with Crippen LogP contribution in [-0.4, -0.2) is 35.6 Å². The van der Waals surface area contributed by atoms with Gasteiger partial charge in [-0.1, -0.05) is 18.2 Å². The van der Waals surface area contributed by atoms with E-state index in [-0.39, 0.29) is 0 Å². The van der Waals surface area contributed by atoms with E-state index in [1.54, 1.807) is 0 Å². The molecule has 2 heterocycles. The van der Waals surface area contributed by atoms with E-state index in [1.807, 2.05) is 25.8 Å². The number of nitrogens with zero attached hydrogens (tertiary/aromatic N) is 4. The van der Waals surface area contributed by atoms with Gasteiger partial charge in [-0.15, -0.1) is 0 Å². The summed E-state index contributed by atoms with van der Waals surface area (Å²) in [5, 5.41) is 3.46. The summed E-state index contributed by atoms with van der Waals surface area (Å²) in [6.45, 7) is 2.88. The van der Waals surface area contributed by atoms with Gasteiger partial charge in [-0.2, -0.15) is 0 Å². The molecular formula is C16H21N5. The average Bonchev–Trinajstić information content (AvgIpc) is 3.17. The van der Waals surface area contributed by atoms with E-state index in [2.05, 4.69) is 49.0 Å². The summed E-state index contributed by atoms with van der Waals surface area (Å²) in [6, 6.07) is 8.55. The van der Waals surface area contributed by atoms with Crippen molar-refractivity contribution in [3.63, 3.8) is 0 Å². The standard InChI is InChI=1S/C16H21N5/c1-17-16(19-8-4-10-20-12-9-18-13-20)21-11-7-14-5-2-3-6-15(14)21/h2-3,5-6,9,12-13H,4,7-8,10-11H2,1H3,(H,17,19). The Hall–Kier alpha value is -2.30. The second-order valence-corrected chi connectivity index (χ2v) is 5.16. The molecule has 2 aromatic rings. The number of hydrogen-bond acceptors (Lipinski definition) is 2. The first-order valence-electron chi connectivity index (χ1n) is 7.40. The summed E-state index contributed by atoms with van der Waals surface area (Å²) in [4.78, 5) is 10.7. The first-order chi connectivity index (χ1) is 10.4. The van der Waals surface area contributed by atoms with Gasteiger partial charge in [0, 0.05) is 44.8 Å². The van der Waals surface area contributed by atoms with Gasteiger partial charge in [-0.05, 0) is 24.5 Å². The average molecular weight is 283 g/mol. The van der Waals surface area contributed by atoms with E-state index < -0.39 is 0 Å². The lowest BCUT2D eigenvalue weighted by molar-refractivity contribution is 0.628. The van der Waals surface area contributed by atoms with Crippen molar-refractivity contribution in [3.8, 4) is 0 Å². The predicted octanol–water partition coefficient (Wildman–Crippen LogP) is 1.91. The molecule has 21 heavy (non-hydrogen) atoms. The molecule has 1 aromatic heterocycles. The summed E-state index contributed by atoms with van der Waals surface area (Å²) in [7, 11) is 1.85. The van der Waals surface area contributed by atoms with Crippen LogP contribution >= 0.6 is 0 Å². The van der Waals surface area contributed by atoms with Gasteiger partial charge in [0.15, 0.2) is 5.96 Å². The summed E-state index contributed by atoms with van der Waals surface area (Å²) in [6.07, 6.45) is 7.79. The van der Waals surface area contributed by atoms with Crippen molar-refractivity contribution in [2.45, 2.75) is 19.4 Å². The topological polar surface area (TPSA) is 45.5 Å². The van der Waals surface area contributed by atoms with Crippen molar-refractivity contribution in [2.24, 2.45) is 4.99 Å². The zero-order valence-corrected chi connectivity index (χ0v) is 12.4. The van der Waals surface area contributed by atoms with Crippen molar-refractivity contribution in [3.05, 3.63) is 48.5 Å². The molecule has 5 heteroatoms. The van der Waals surface area contributed by atoms with Gasteiger partial charge in [0.05, 0.1) is 6.33 Å². The second kappa shape index (κ2) is 6.43. The molecule has 0 bridgehead atoms. The van der Waals surface area contributed by atoms with Gasteiger partial charge in [0.2, 0.25) is 0 Å². The maximum absolute atomic E-state index is 4.42. The summed E-state index contributed by atoms with van der Waals surface area (Å²) in [5.41, 5.74) is 2.68.